The van der Waals surface area contributed by atoms with E-state index in [1.165, 1.54) is 0 Å². The first-order valence-electron chi connectivity index (χ1n) is 6.86. The molecule has 0 amide bonds. The fourth-order valence-electron chi connectivity index (χ4n) is 2.10. The Balaban J connectivity index is 2.63. The van der Waals surface area contributed by atoms with Crippen LogP contribution in [-0.2, 0) is 22.1 Å². The molecule has 11 heteroatoms. The monoisotopic (exact) mass is 356 g/mol. The van der Waals surface area contributed by atoms with Gasteiger partial charge in [-0.2, -0.15) is 0 Å². The zero-order chi connectivity index (χ0) is 17.0. The van der Waals surface area contributed by atoms with Gasteiger partial charge >= 0.3 is 15.2 Å². The van der Waals surface area contributed by atoms with Crippen LogP contribution < -0.4 is 0 Å². The van der Waals surface area contributed by atoms with Gasteiger partial charge in [0.15, 0.2) is 0 Å². The Bertz CT molecular complexity index is 555. The molecule has 0 bridgehead atoms. The van der Waals surface area contributed by atoms with Gasteiger partial charge in [-0.1, -0.05) is 6.92 Å². The largest absolute Gasteiger partial charge is 0.369 e. The lowest BCUT2D eigenvalue weighted by Crippen LogP contribution is -2.28. The molecule has 0 radical (unpaired) electrons. The molecule has 0 aliphatic heterocycles. The van der Waals surface area contributed by atoms with E-state index in [9.17, 15) is 14.2 Å². The van der Waals surface area contributed by atoms with Crippen molar-refractivity contribution >= 4 is 15.2 Å². The summed E-state index contributed by atoms with van der Waals surface area (Å²) in [5.74, 6) is 0.878. The second kappa shape index (κ2) is 7.36. The summed E-state index contributed by atoms with van der Waals surface area (Å²) >= 11 is 0. The lowest BCUT2D eigenvalue weighted by molar-refractivity contribution is 0.120. The number of aliphatic hydroxyl groups is 1. The molecule has 0 aliphatic carbocycles. The van der Waals surface area contributed by atoms with Crippen molar-refractivity contribution < 1.29 is 33.8 Å². The molecule has 5 N–H and O–H groups in total. The maximum atomic E-state index is 11.2. The van der Waals surface area contributed by atoms with Crippen molar-refractivity contribution in [3.05, 3.63) is 18.2 Å². The molecule has 0 fully saturated rings. The van der Waals surface area contributed by atoms with Crippen LogP contribution in [0, 0.1) is 0 Å². The number of hydrogen-bond donors (Lipinski definition) is 5. The van der Waals surface area contributed by atoms with Gasteiger partial charge in [-0.05, 0) is 25.7 Å². The van der Waals surface area contributed by atoms with Crippen LogP contribution in [0.25, 0.3) is 0 Å². The highest BCUT2D eigenvalue weighted by Gasteiger charge is 2.58. The average Bonchev–Trinajstić information content (AvgIpc) is 2.79. The first-order valence-corrected chi connectivity index (χ1v) is 10.1. The van der Waals surface area contributed by atoms with Gasteiger partial charge in [-0.25, -0.2) is 4.98 Å². The molecule has 0 saturated carbocycles. The molecule has 128 valence electrons. The van der Waals surface area contributed by atoms with Gasteiger partial charge in [0, 0.05) is 25.4 Å². The Labute approximate surface area is 128 Å². The minimum absolute atomic E-state index is 0.0520. The normalized spacial score (nSPS) is 13.5. The predicted molar refractivity (Wildman–Crippen MR) is 79.1 cm³/mol. The zero-order valence-electron chi connectivity index (χ0n) is 12.2. The summed E-state index contributed by atoms with van der Waals surface area (Å²) in [4.78, 5) is 40.3. The Morgan fingerprint density at radius 2 is 1.77 bits per heavy atom. The molecular formula is C11H22N2O7P2. The molecule has 0 unspecified atom stereocenters. The first kappa shape index (κ1) is 19.5. The molecule has 0 saturated heterocycles. The third kappa shape index (κ3) is 4.49. The molecule has 0 aromatic carbocycles. The molecule has 1 aromatic heterocycles. The lowest BCUT2D eigenvalue weighted by Gasteiger charge is -2.29. The molecule has 0 atom stereocenters. The second-order valence-corrected chi connectivity index (χ2v) is 9.11. The minimum atomic E-state index is -5.36. The maximum Gasteiger partial charge on any atom is 0.369 e. The Hall–Kier alpha value is -0.530. The van der Waals surface area contributed by atoms with Gasteiger partial charge in [-0.3, -0.25) is 9.13 Å². The Kier molecular flexibility index (Phi) is 6.53. The molecule has 0 aliphatic rings. The van der Waals surface area contributed by atoms with E-state index in [0.717, 1.165) is 18.7 Å². The van der Waals surface area contributed by atoms with Crippen molar-refractivity contribution in [3.8, 4) is 0 Å². The van der Waals surface area contributed by atoms with Crippen LogP contribution in [0.1, 0.15) is 38.4 Å². The first-order chi connectivity index (χ1) is 10.0. The van der Waals surface area contributed by atoms with Crippen LogP contribution in [0.15, 0.2) is 12.4 Å². The Morgan fingerprint density at radius 1 is 1.18 bits per heavy atom. The van der Waals surface area contributed by atoms with Crippen molar-refractivity contribution in [1.82, 2.24) is 9.55 Å². The van der Waals surface area contributed by atoms with Crippen molar-refractivity contribution in [2.45, 2.75) is 50.7 Å². The molecular weight excluding hydrogens is 334 g/mol. The maximum absolute atomic E-state index is 11.2. The summed E-state index contributed by atoms with van der Waals surface area (Å²) in [7, 11) is -10.7. The summed E-state index contributed by atoms with van der Waals surface area (Å²) in [6, 6.07) is 0. The number of unbranched alkanes of at least 4 members (excludes halogenated alkanes) is 1. The third-order valence-electron chi connectivity index (χ3n) is 3.37. The van der Waals surface area contributed by atoms with Crippen LogP contribution in [0.5, 0.6) is 0 Å². The summed E-state index contributed by atoms with van der Waals surface area (Å²) in [5, 5.41) is 6.42. The average molecular weight is 356 g/mol. The molecule has 22 heavy (non-hydrogen) atoms. The van der Waals surface area contributed by atoms with E-state index in [4.69, 9.17) is 19.6 Å². The smallest absolute Gasteiger partial charge is 0.368 e. The van der Waals surface area contributed by atoms with Crippen molar-refractivity contribution in [2.75, 3.05) is 0 Å². The molecule has 1 aromatic rings. The highest BCUT2D eigenvalue weighted by atomic mass is 31.2. The predicted octanol–water partition coefficient (Wildman–Crippen LogP) is 1.01. The molecule has 9 nitrogen and oxygen atoms in total. The van der Waals surface area contributed by atoms with Gasteiger partial charge in [-0.15, -0.1) is 0 Å². The van der Waals surface area contributed by atoms with Gasteiger partial charge in [0.25, 0.3) is 5.08 Å². The summed E-state index contributed by atoms with van der Waals surface area (Å²) in [6.07, 6.45) is 4.90. The van der Waals surface area contributed by atoms with E-state index in [-0.39, 0.29) is 6.42 Å². The van der Waals surface area contributed by atoms with Crippen molar-refractivity contribution in [1.29, 1.82) is 0 Å². The standard InChI is InChI=1S/C11H22N2O7P2/c1-2-5-10-12-7-9-13(10)8-4-3-6-11(14,21(15,16)17)22(18,19)20/h7,9,14H,2-6,8H2,1H3,(H2,15,16,17)(H2,18,19,20). The Morgan fingerprint density at radius 3 is 2.27 bits per heavy atom. The van der Waals surface area contributed by atoms with Crippen LogP contribution in [0.2, 0.25) is 0 Å². The van der Waals surface area contributed by atoms with E-state index >= 15 is 0 Å². The van der Waals surface area contributed by atoms with E-state index in [1.54, 1.807) is 12.4 Å². The highest BCUT2D eigenvalue weighted by molar-refractivity contribution is 7.72. The van der Waals surface area contributed by atoms with Crippen molar-refractivity contribution in [3.63, 3.8) is 0 Å². The van der Waals surface area contributed by atoms with Crippen LogP contribution >= 0.6 is 15.2 Å². The summed E-state index contributed by atoms with van der Waals surface area (Å²) in [6.45, 7) is 2.51. The van der Waals surface area contributed by atoms with Crippen LogP contribution in [0.4, 0.5) is 0 Å². The van der Waals surface area contributed by atoms with Crippen LogP contribution in [0.3, 0.4) is 0 Å². The summed E-state index contributed by atoms with van der Waals surface area (Å²) in [5.41, 5.74) is 0. The second-order valence-electron chi connectivity index (χ2n) is 5.11. The van der Waals surface area contributed by atoms with E-state index < -0.39 is 26.7 Å². The number of aryl methyl sites for hydroxylation is 2. The van der Waals surface area contributed by atoms with Crippen LogP contribution in [-0.4, -0.2) is 39.3 Å². The minimum Gasteiger partial charge on any atom is -0.368 e. The lowest BCUT2D eigenvalue weighted by atomic mass is 10.2. The highest BCUT2D eigenvalue weighted by Crippen LogP contribution is 2.69. The number of nitrogens with zero attached hydrogens (tertiary/aromatic N) is 2. The van der Waals surface area contributed by atoms with Crippen molar-refractivity contribution in [2.24, 2.45) is 0 Å². The number of rotatable bonds is 9. The fourth-order valence-corrected chi connectivity index (χ4v) is 4.36. The zero-order valence-corrected chi connectivity index (χ0v) is 14.0. The van der Waals surface area contributed by atoms with Gasteiger partial charge in [0.1, 0.15) is 5.82 Å². The van der Waals surface area contributed by atoms with Gasteiger partial charge < -0.3 is 29.2 Å². The topological polar surface area (TPSA) is 153 Å². The fraction of sp³-hybridized carbons (Fsp3) is 0.727. The quantitative estimate of drug-likeness (QED) is 0.324. The van der Waals surface area contributed by atoms with Gasteiger partial charge in [0.05, 0.1) is 0 Å². The molecule has 1 heterocycles. The third-order valence-corrected chi connectivity index (χ3v) is 7.25. The SMILES string of the molecule is CCCc1nccn1CCCCC(O)(P(=O)(O)O)P(=O)(O)O. The van der Waals surface area contributed by atoms with Gasteiger partial charge in [0.2, 0.25) is 0 Å². The summed E-state index contributed by atoms with van der Waals surface area (Å²) < 4.78 is 24.3. The van der Waals surface area contributed by atoms with E-state index in [1.807, 2.05) is 11.5 Å². The number of imidazole rings is 1. The molecule has 1 rings (SSSR count). The van der Waals surface area contributed by atoms with E-state index in [2.05, 4.69) is 4.98 Å². The number of aromatic nitrogens is 2. The number of hydrogen-bond acceptors (Lipinski definition) is 4. The van der Waals surface area contributed by atoms with E-state index in [0.29, 0.717) is 13.0 Å². The molecule has 0 spiro atoms.